The van der Waals surface area contributed by atoms with Crippen LogP contribution < -0.4 is 4.74 Å². The number of methoxy groups -OCH3 is 1. The van der Waals surface area contributed by atoms with Crippen molar-refractivity contribution in [3.63, 3.8) is 0 Å². The van der Waals surface area contributed by atoms with E-state index in [1.807, 2.05) is 0 Å². The van der Waals surface area contributed by atoms with Crippen LogP contribution in [0.15, 0.2) is 66.7 Å². The first-order valence-corrected chi connectivity index (χ1v) is 8.76. The number of rotatable bonds is 6. The minimum atomic E-state index is -0.672. The Labute approximate surface area is 166 Å². The molecule has 28 heavy (non-hydrogen) atoms. The lowest BCUT2D eigenvalue weighted by Crippen LogP contribution is -2.12. The Morgan fingerprint density at radius 3 is 2.29 bits per heavy atom. The molecule has 0 fully saturated rings. The maximum Gasteiger partial charge on any atom is 0.339 e. The van der Waals surface area contributed by atoms with E-state index in [-0.39, 0.29) is 29.3 Å². The van der Waals surface area contributed by atoms with Gasteiger partial charge in [0.15, 0.2) is 17.3 Å². The molecule has 3 aromatic rings. The summed E-state index contributed by atoms with van der Waals surface area (Å²) in [6.07, 6.45) is 0. The lowest BCUT2D eigenvalue weighted by Gasteiger charge is -2.10. The molecule has 0 N–H and O–H groups in total. The zero-order valence-electron chi connectivity index (χ0n) is 14.9. The quantitative estimate of drug-likeness (QED) is 0.429. The molecule has 0 heterocycles. The molecular formula is C22H16ClFO4. The fraction of sp³-hybridized carbons (Fsp3) is 0.0909. The molecule has 0 aliphatic rings. The number of carbonyl (C=O) groups excluding carboxylic acids is 2. The van der Waals surface area contributed by atoms with Gasteiger partial charge >= 0.3 is 5.97 Å². The number of benzene rings is 3. The van der Waals surface area contributed by atoms with E-state index in [0.717, 1.165) is 0 Å². The molecule has 0 saturated heterocycles. The molecule has 3 aromatic carbocycles. The highest BCUT2D eigenvalue weighted by Gasteiger charge is 2.19. The second-order valence-corrected chi connectivity index (χ2v) is 6.36. The van der Waals surface area contributed by atoms with Gasteiger partial charge in [-0.05, 0) is 48.0 Å². The third kappa shape index (κ3) is 4.38. The highest BCUT2D eigenvalue weighted by molar-refractivity contribution is 6.30. The number of carbonyl (C=O) groups is 2. The van der Waals surface area contributed by atoms with Crippen LogP contribution in [-0.4, -0.2) is 18.9 Å². The van der Waals surface area contributed by atoms with Gasteiger partial charge in [0.2, 0.25) is 0 Å². The summed E-state index contributed by atoms with van der Waals surface area (Å²) in [6, 6.07) is 17.1. The highest BCUT2D eigenvalue weighted by Crippen LogP contribution is 2.20. The van der Waals surface area contributed by atoms with Gasteiger partial charge < -0.3 is 9.47 Å². The van der Waals surface area contributed by atoms with Crippen LogP contribution in [-0.2, 0) is 11.3 Å². The van der Waals surface area contributed by atoms with Crippen molar-refractivity contribution in [2.45, 2.75) is 6.61 Å². The fourth-order valence-corrected chi connectivity index (χ4v) is 2.77. The van der Waals surface area contributed by atoms with Gasteiger partial charge in [-0.25, -0.2) is 9.18 Å². The maximum absolute atomic E-state index is 13.8. The van der Waals surface area contributed by atoms with E-state index in [9.17, 15) is 14.0 Å². The van der Waals surface area contributed by atoms with E-state index in [4.69, 9.17) is 21.1 Å². The van der Waals surface area contributed by atoms with E-state index in [0.29, 0.717) is 16.1 Å². The summed E-state index contributed by atoms with van der Waals surface area (Å²) in [5.74, 6) is -1.43. The van der Waals surface area contributed by atoms with Crippen molar-refractivity contribution < 1.29 is 23.5 Å². The van der Waals surface area contributed by atoms with Gasteiger partial charge in [0.05, 0.1) is 12.7 Å². The minimum absolute atomic E-state index is 0.106. The normalized spacial score (nSPS) is 10.4. The Bertz CT molecular complexity index is 1020. The topological polar surface area (TPSA) is 52.6 Å². The second-order valence-electron chi connectivity index (χ2n) is 5.93. The number of hydrogen-bond donors (Lipinski definition) is 0. The first kappa shape index (κ1) is 19.6. The van der Waals surface area contributed by atoms with Gasteiger partial charge in [-0.1, -0.05) is 35.9 Å². The number of esters is 1. The van der Waals surface area contributed by atoms with E-state index in [1.165, 1.54) is 25.3 Å². The molecule has 0 bridgehead atoms. The van der Waals surface area contributed by atoms with Crippen LogP contribution in [0, 0.1) is 5.82 Å². The van der Waals surface area contributed by atoms with Crippen LogP contribution >= 0.6 is 11.6 Å². The standard InChI is InChI=1S/C22H16ClFO4/c1-27-20-11-6-14(12-19(20)24)13-28-22(26)18-5-3-2-4-17(18)21(25)15-7-9-16(23)10-8-15/h2-12H,13H2,1H3. The van der Waals surface area contributed by atoms with Gasteiger partial charge in [0, 0.05) is 16.1 Å². The van der Waals surface area contributed by atoms with E-state index >= 15 is 0 Å². The molecule has 142 valence electrons. The van der Waals surface area contributed by atoms with Gasteiger partial charge in [-0.15, -0.1) is 0 Å². The first-order chi connectivity index (χ1) is 13.5. The van der Waals surface area contributed by atoms with E-state index in [2.05, 4.69) is 0 Å². The molecule has 6 heteroatoms. The van der Waals surface area contributed by atoms with E-state index < -0.39 is 11.8 Å². The molecule has 0 atom stereocenters. The zero-order chi connectivity index (χ0) is 20.1. The molecule has 0 amide bonds. The largest absolute Gasteiger partial charge is 0.494 e. The molecule has 0 radical (unpaired) electrons. The van der Waals surface area contributed by atoms with Crippen molar-refractivity contribution in [2.24, 2.45) is 0 Å². The third-order valence-electron chi connectivity index (χ3n) is 4.08. The van der Waals surface area contributed by atoms with Crippen molar-refractivity contribution in [3.05, 3.63) is 99.8 Å². The summed E-state index contributed by atoms with van der Waals surface area (Å²) < 4.78 is 23.9. The molecule has 0 aliphatic carbocycles. The third-order valence-corrected chi connectivity index (χ3v) is 4.34. The fourth-order valence-electron chi connectivity index (χ4n) is 2.64. The number of halogens is 2. The minimum Gasteiger partial charge on any atom is -0.494 e. The van der Waals surface area contributed by atoms with Crippen LogP contribution in [0.1, 0.15) is 31.8 Å². The van der Waals surface area contributed by atoms with Crippen molar-refractivity contribution >= 4 is 23.4 Å². The average molecular weight is 399 g/mol. The Morgan fingerprint density at radius 2 is 1.64 bits per heavy atom. The zero-order valence-corrected chi connectivity index (χ0v) is 15.7. The van der Waals surface area contributed by atoms with Gasteiger partial charge in [-0.3, -0.25) is 4.79 Å². The predicted molar refractivity (Wildman–Crippen MR) is 103 cm³/mol. The van der Waals surface area contributed by atoms with Crippen molar-refractivity contribution in [2.75, 3.05) is 7.11 Å². The average Bonchev–Trinajstić information content (AvgIpc) is 2.72. The Morgan fingerprint density at radius 1 is 0.964 bits per heavy atom. The summed E-state index contributed by atoms with van der Waals surface area (Å²) in [5.41, 5.74) is 1.22. The van der Waals surface area contributed by atoms with Gasteiger partial charge in [0.1, 0.15) is 6.61 Å². The van der Waals surface area contributed by atoms with Crippen LogP contribution in [0.25, 0.3) is 0 Å². The summed E-state index contributed by atoms with van der Waals surface area (Å²) >= 11 is 5.85. The lowest BCUT2D eigenvalue weighted by atomic mass is 9.98. The van der Waals surface area contributed by atoms with Crippen LogP contribution in [0.4, 0.5) is 4.39 Å². The summed E-state index contributed by atoms with van der Waals surface area (Å²) in [6.45, 7) is -0.136. The second kappa shape index (κ2) is 8.67. The lowest BCUT2D eigenvalue weighted by molar-refractivity contribution is 0.0469. The molecule has 0 saturated carbocycles. The van der Waals surface area contributed by atoms with Crippen molar-refractivity contribution in [3.8, 4) is 5.75 Å². The SMILES string of the molecule is COc1ccc(COC(=O)c2ccccc2C(=O)c2ccc(Cl)cc2)cc1F. The van der Waals surface area contributed by atoms with Crippen LogP contribution in [0.3, 0.4) is 0 Å². The first-order valence-electron chi connectivity index (χ1n) is 8.38. The molecule has 4 nitrogen and oxygen atoms in total. The van der Waals surface area contributed by atoms with Crippen LogP contribution in [0.2, 0.25) is 5.02 Å². The molecule has 0 aliphatic heterocycles. The Hall–Kier alpha value is -3.18. The van der Waals surface area contributed by atoms with Crippen molar-refractivity contribution in [1.29, 1.82) is 0 Å². The summed E-state index contributed by atoms with van der Waals surface area (Å²) in [5, 5.41) is 0.510. The molecule has 0 aromatic heterocycles. The smallest absolute Gasteiger partial charge is 0.339 e. The summed E-state index contributed by atoms with van der Waals surface area (Å²) in [7, 11) is 1.37. The molecule has 0 spiro atoms. The monoisotopic (exact) mass is 398 g/mol. The van der Waals surface area contributed by atoms with Crippen LogP contribution in [0.5, 0.6) is 5.75 Å². The number of hydrogen-bond acceptors (Lipinski definition) is 4. The Kier molecular flexibility index (Phi) is 6.06. The number of ether oxygens (including phenoxy) is 2. The highest BCUT2D eigenvalue weighted by atomic mass is 35.5. The Balaban J connectivity index is 1.78. The van der Waals surface area contributed by atoms with Gasteiger partial charge in [-0.2, -0.15) is 0 Å². The molecular weight excluding hydrogens is 383 g/mol. The van der Waals surface area contributed by atoms with Gasteiger partial charge in [0.25, 0.3) is 0 Å². The summed E-state index contributed by atoms with van der Waals surface area (Å²) in [4.78, 5) is 25.3. The molecule has 0 unspecified atom stereocenters. The van der Waals surface area contributed by atoms with Crippen molar-refractivity contribution in [1.82, 2.24) is 0 Å². The predicted octanol–water partition coefficient (Wildman–Crippen LogP) is 5.08. The number of ketones is 1. The molecule has 3 rings (SSSR count). The maximum atomic E-state index is 13.8. The van der Waals surface area contributed by atoms with E-state index in [1.54, 1.807) is 48.5 Å².